The molecule has 1 aliphatic rings. The largest absolute Gasteiger partial charge is 0.371 e. The van der Waals surface area contributed by atoms with Gasteiger partial charge in [0.05, 0.1) is 10.6 Å². The zero-order valence-electron chi connectivity index (χ0n) is 15.9. The van der Waals surface area contributed by atoms with Crippen molar-refractivity contribution < 1.29 is 9.18 Å². The Kier molecular flexibility index (Phi) is 6.02. The smallest absolute Gasteiger partial charge is 0.257 e. The van der Waals surface area contributed by atoms with Crippen molar-refractivity contribution in [3.63, 3.8) is 0 Å². The second-order valence-electron chi connectivity index (χ2n) is 7.28. The molecule has 1 fully saturated rings. The van der Waals surface area contributed by atoms with E-state index in [1.165, 1.54) is 12.1 Å². The number of hydrogen-bond acceptors (Lipinski definition) is 3. The molecule has 27 heavy (non-hydrogen) atoms. The van der Waals surface area contributed by atoms with Gasteiger partial charge in [-0.1, -0.05) is 17.7 Å². The molecule has 1 saturated heterocycles. The molecule has 3 rings (SSSR count). The van der Waals surface area contributed by atoms with Gasteiger partial charge in [-0.2, -0.15) is 0 Å². The van der Waals surface area contributed by atoms with Crippen molar-refractivity contribution in [3.8, 4) is 0 Å². The minimum absolute atomic E-state index is 0.349. The number of aryl methyl sites for hydroxylation is 1. The highest BCUT2D eigenvalue weighted by atomic mass is 35.5. The molecule has 2 aromatic rings. The van der Waals surface area contributed by atoms with Crippen molar-refractivity contribution in [2.45, 2.75) is 25.8 Å². The third-order valence-electron chi connectivity index (χ3n) is 5.15. The van der Waals surface area contributed by atoms with Crippen LogP contribution in [0.2, 0.25) is 5.02 Å². The first-order chi connectivity index (χ1) is 12.8. The summed E-state index contributed by atoms with van der Waals surface area (Å²) in [5.41, 5.74) is 2.53. The number of nitrogens with one attached hydrogen (secondary N) is 1. The van der Waals surface area contributed by atoms with Gasteiger partial charge < -0.3 is 15.1 Å². The molecule has 6 heteroatoms. The number of likely N-dealkylation sites (tertiary alicyclic amines) is 1. The van der Waals surface area contributed by atoms with E-state index in [0.29, 0.717) is 22.3 Å². The van der Waals surface area contributed by atoms with Crippen LogP contribution in [0.3, 0.4) is 0 Å². The number of piperidine rings is 1. The van der Waals surface area contributed by atoms with Gasteiger partial charge in [-0.05, 0) is 75.8 Å². The van der Waals surface area contributed by atoms with Gasteiger partial charge in [-0.3, -0.25) is 4.79 Å². The molecule has 0 saturated carbocycles. The van der Waals surface area contributed by atoms with Crippen LogP contribution in [0.5, 0.6) is 0 Å². The van der Waals surface area contributed by atoms with Crippen LogP contribution in [-0.2, 0) is 0 Å². The number of hydrogen-bond donors (Lipinski definition) is 1. The lowest BCUT2D eigenvalue weighted by atomic mass is 10.0. The Labute approximate surface area is 164 Å². The summed E-state index contributed by atoms with van der Waals surface area (Å²) in [5.74, 6) is -0.726. The summed E-state index contributed by atoms with van der Waals surface area (Å²) in [6, 6.07) is 10.2. The lowest BCUT2D eigenvalue weighted by Gasteiger charge is -2.36. The molecule has 0 unspecified atom stereocenters. The summed E-state index contributed by atoms with van der Waals surface area (Å²) >= 11 is 6.17. The maximum absolute atomic E-state index is 14.2. The molecule has 1 amide bonds. The number of nitrogens with zero attached hydrogens (tertiary/aromatic N) is 2. The van der Waals surface area contributed by atoms with Crippen molar-refractivity contribution >= 4 is 28.9 Å². The molecule has 0 aromatic heterocycles. The van der Waals surface area contributed by atoms with Gasteiger partial charge in [0.1, 0.15) is 5.82 Å². The average molecular weight is 390 g/mol. The number of carbonyl (C=O) groups is 1. The van der Waals surface area contributed by atoms with Crippen LogP contribution in [0.25, 0.3) is 0 Å². The summed E-state index contributed by atoms with van der Waals surface area (Å²) in [7, 11) is 4.09. The molecule has 2 aromatic carbocycles. The SMILES string of the molecule is Cc1ccc(C(=O)Nc2cc(F)cc(N(C)C3CCN(C)CC3)c2)c(Cl)c1. The first-order valence-corrected chi connectivity index (χ1v) is 9.51. The molecule has 4 nitrogen and oxygen atoms in total. The predicted molar refractivity (Wildman–Crippen MR) is 109 cm³/mol. The van der Waals surface area contributed by atoms with E-state index >= 15 is 0 Å². The van der Waals surface area contributed by atoms with Gasteiger partial charge in [0.25, 0.3) is 5.91 Å². The fraction of sp³-hybridized carbons (Fsp3) is 0.381. The Morgan fingerprint density at radius 1 is 1.22 bits per heavy atom. The number of carbonyl (C=O) groups excluding carboxylic acids is 1. The van der Waals surface area contributed by atoms with Crippen LogP contribution in [-0.4, -0.2) is 44.0 Å². The number of benzene rings is 2. The van der Waals surface area contributed by atoms with Gasteiger partial charge in [0.2, 0.25) is 0 Å². The third kappa shape index (κ3) is 4.79. The van der Waals surface area contributed by atoms with Gasteiger partial charge in [0, 0.05) is 24.5 Å². The average Bonchev–Trinajstić information content (AvgIpc) is 2.61. The van der Waals surface area contributed by atoms with Crippen molar-refractivity contribution in [2.24, 2.45) is 0 Å². The Morgan fingerprint density at radius 2 is 1.93 bits per heavy atom. The number of amides is 1. The van der Waals surface area contributed by atoms with E-state index < -0.39 is 0 Å². The highest BCUT2D eigenvalue weighted by Gasteiger charge is 2.21. The van der Waals surface area contributed by atoms with E-state index in [9.17, 15) is 9.18 Å². The Balaban J connectivity index is 1.77. The molecule has 0 bridgehead atoms. The van der Waals surface area contributed by atoms with Gasteiger partial charge >= 0.3 is 0 Å². The minimum atomic E-state index is -0.377. The fourth-order valence-corrected chi connectivity index (χ4v) is 3.77. The first-order valence-electron chi connectivity index (χ1n) is 9.13. The van der Waals surface area contributed by atoms with Crippen LogP contribution >= 0.6 is 11.6 Å². The molecule has 0 radical (unpaired) electrons. The highest BCUT2D eigenvalue weighted by Crippen LogP contribution is 2.27. The Bertz CT molecular complexity index is 834. The number of rotatable bonds is 4. The van der Waals surface area contributed by atoms with E-state index in [4.69, 9.17) is 11.6 Å². The normalized spacial score (nSPS) is 15.6. The molecular weight excluding hydrogens is 365 g/mol. The van der Waals surface area contributed by atoms with Crippen molar-refractivity contribution in [1.82, 2.24) is 4.90 Å². The lowest BCUT2D eigenvalue weighted by Crippen LogP contribution is -2.42. The zero-order chi connectivity index (χ0) is 19.6. The van der Waals surface area contributed by atoms with Gasteiger partial charge in [-0.25, -0.2) is 4.39 Å². The van der Waals surface area contributed by atoms with E-state index in [1.54, 1.807) is 18.2 Å². The van der Waals surface area contributed by atoms with E-state index in [-0.39, 0.29) is 11.7 Å². The van der Waals surface area contributed by atoms with Crippen molar-refractivity contribution in [3.05, 3.63) is 58.4 Å². The lowest BCUT2D eigenvalue weighted by molar-refractivity contribution is 0.102. The maximum atomic E-state index is 14.2. The standard InChI is InChI=1S/C21H25ClFN3O/c1-14-4-5-19(20(22)10-14)21(27)24-16-11-15(23)12-18(13-16)26(3)17-6-8-25(2)9-7-17/h4-5,10-13,17H,6-9H2,1-3H3,(H,24,27). The van der Waals surface area contributed by atoms with Crippen molar-refractivity contribution in [1.29, 1.82) is 0 Å². The summed E-state index contributed by atoms with van der Waals surface area (Å²) in [6.45, 7) is 3.96. The molecular formula is C21H25ClFN3O. The van der Waals surface area contributed by atoms with E-state index in [0.717, 1.165) is 37.2 Å². The van der Waals surface area contributed by atoms with Gasteiger partial charge in [-0.15, -0.1) is 0 Å². The summed E-state index contributed by atoms with van der Waals surface area (Å²) < 4.78 is 14.2. The minimum Gasteiger partial charge on any atom is -0.371 e. The second-order valence-corrected chi connectivity index (χ2v) is 7.69. The predicted octanol–water partition coefficient (Wildman–Crippen LogP) is 4.57. The monoisotopic (exact) mass is 389 g/mol. The van der Waals surface area contributed by atoms with Crippen LogP contribution < -0.4 is 10.2 Å². The maximum Gasteiger partial charge on any atom is 0.257 e. The molecule has 1 heterocycles. The second kappa shape index (κ2) is 8.28. The molecule has 144 valence electrons. The van der Waals surface area contributed by atoms with E-state index in [1.807, 2.05) is 20.0 Å². The summed E-state index contributed by atoms with van der Waals surface area (Å²) in [5, 5.41) is 3.15. The Hall–Kier alpha value is -2.11. The topological polar surface area (TPSA) is 35.6 Å². The molecule has 1 N–H and O–H groups in total. The highest BCUT2D eigenvalue weighted by molar-refractivity contribution is 6.34. The quantitative estimate of drug-likeness (QED) is 0.831. The molecule has 0 aliphatic carbocycles. The van der Waals surface area contributed by atoms with Gasteiger partial charge in [0.15, 0.2) is 0 Å². The summed E-state index contributed by atoms with van der Waals surface area (Å²) in [6.07, 6.45) is 2.06. The third-order valence-corrected chi connectivity index (χ3v) is 5.47. The first kappa shape index (κ1) is 19.6. The van der Waals surface area contributed by atoms with Crippen LogP contribution in [0.1, 0.15) is 28.8 Å². The van der Waals surface area contributed by atoms with Crippen molar-refractivity contribution in [2.75, 3.05) is 37.4 Å². The van der Waals surface area contributed by atoms with Crippen LogP contribution in [0.15, 0.2) is 36.4 Å². The summed E-state index contributed by atoms with van der Waals surface area (Å²) in [4.78, 5) is 16.9. The van der Waals surface area contributed by atoms with E-state index in [2.05, 4.69) is 22.2 Å². The molecule has 0 atom stereocenters. The molecule has 0 spiro atoms. The zero-order valence-corrected chi connectivity index (χ0v) is 16.7. The number of halogens is 2. The fourth-order valence-electron chi connectivity index (χ4n) is 3.45. The van der Waals surface area contributed by atoms with Crippen LogP contribution in [0, 0.1) is 12.7 Å². The number of anilines is 2. The Morgan fingerprint density at radius 3 is 2.59 bits per heavy atom. The van der Waals surface area contributed by atoms with Crippen LogP contribution in [0.4, 0.5) is 15.8 Å². The molecule has 1 aliphatic heterocycles.